The van der Waals surface area contributed by atoms with Crippen molar-refractivity contribution < 1.29 is 14.3 Å². The molecule has 0 amide bonds. The molecule has 1 aromatic rings. The van der Waals surface area contributed by atoms with Crippen molar-refractivity contribution in [2.45, 2.75) is 130 Å². The minimum atomic E-state index is -3.39. The average molecular weight is 454 g/mol. The van der Waals surface area contributed by atoms with Crippen LogP contribution in [0.25, 0.3) is 0 Å². The lowest BCUT2D eigenvalue weighted by Gasteiger charge is -2.27. The van der Waals surface area contributed by atoms with E-state index in [1.807, 2.05) is 12.1 Å². The van der Waals surface area contributed by atoms with E-state index in [-0.39, 0.29) is 10.8 Å². The Morgan fingerprint density at radius 2 is 1.19 bits per heavy atom. The topological polar surface area (TPSA) is 49.7 Å². The van der Waals surface area contributed by atoms with Gasteiger partial charge in [0, 0.05) is 5.56 Å². The average Bonchev–Trinajstić information content (AvgIpc) is 2.64. The van der Waals surface area contributed by atoms with Crippen molar-refractivity contribution in [1.29, 1.82) is 0 Å². The molecule has 1 aromatic carbocycles. The third kappa shape index (κ3) is 11.7. The van der Waals surface area contributed by atoms with Gasteiger partial charge in [-0.25, -0.2) is 0 Å². The van der Waals surface area contributed by atoms with E-state index in [1.54, 1.807) is 0 Å². The maximum Gasteiger partial charge on any atom is 0.451 e. The van der Waals surface area contributed by atoms with E-state index in [4.69, 9.17) is 4.52 Å². The Balaban J connectivity index is 2.46. The molecule has 0 spiro atoms. The summed E-state index contributed by atoms with van der Waals surface area (Å²) in [4.78, 5) is 21.2. The smallest absolute Gasteiger partial charge is 0.287 e. The molecule has 0 fully saturated rings. The standard InChI is InChI=1S/C27H50O3P/c1-8-9-10-11-12-13-14-15-16-17-18-21-31(28,29)30-25-20-19-23(26(2,3)4)22-24(25)27(5,6)7/h19-20,22,28-29H,8-18,21H2,1-7H3/q+1. The van der Waals surface area contributed by atoms with E-state index in [9.17, 15) is 9.79 Å². The lowest BCUT2D eigenvalue weighted by atomic mass is 9.80. The first kappa shape index (κ1) is 28.4. The van der Waals surface area contributed by atoms with Gasteiger partial charge in [-0.05, 0) is 35.3 Å². The summed E-state index contributed by atoms with van der Waals surface area (Å²) in [6.07, 6.45) is 14.0. The molecule has 0 radical (unpaired) electrons. The second-order valence-electron chi connectivity index (χ2n) is 11.2. The molecule has 0 aliphatic rings. The first-order valence-electron chi connectivity index (χ1n) is 12.5. The van der Waals surface area contributed by atoms with Crippen LogP contribution in [0.2, 0.25) is 0 Å². The fourth-order valence-electron chi connectivity index (χ4n) is 3.85. The number of rotatable bonds is 14. The van der Waals surface area contributed by atoms with Crippen molar-refractivity contribution in [2.24, 2.45) is 0 Å². The Kier molecular flexibility index (Phi) is 12.1. The largest absolute Gasteiger partial charge is 0.451 e. The third-order valence-electron chi connectivity index (χ3n) is 5.95. The molecule has 31 heavy (non-hydrogen) atoms. The van der Waals surface area contributed by atoms with Crippen molar-refractivity contribution in [2.75, 3.05) is 6.16 Å². The second-order valence-corrected chi connectivity index (χ2v) is 13.2. The zero-order valence-corrected chi connectivity index (χ0v) is 22.4. The Morgan fingerprint density at radius 3 is 1.65 bits per heavy atom. The van der Waals surface area contributed by atoms with Crippen LogP contribution >= 0.6 is 7.94 Å². The predicted molar refractivity (Wildman–Crippen MR) is 137 cm³/mol. The van der Waals surface area contributed by atoms with E-state index in [0.717, 1.165) is 18.4 Å². The molecule has 0 aromatic heterocycles. The van der Waals surface area contributed by atoms with Gasteiger partial charge < -0.3 is 0 Å². The molecule has 1 rings (SSSR count). The van der Waals surface area contributed by atoms with Gasteiger partial charge in [0.25, 0.3) is 0 Å². The molecule has 0 saturated carbocycles. The Labute approximate surface area is 193 Å². The van der Waals surface area contributed by atoms with Crippen molar-refractivity contribution in [3.05, 3.63) is 29.3 Å². The van der Waals surface area contributed by atoms with Crippen LogP contribution in [0.4, 0.5) is 0 Å². The summed E-state index contributed by atoms with van der Waals surface area (Å²) in [6.45, 7) is 15.2. The van der Waals surface area contributed by atoms with Crippen LogP contribution in [-0.2, 0) is 10.8 Å². The molecule has 0 heterocycles. The monoisotopic (exact) mass is 453 g/mol. The lowest BCUT2D eigenvalue weighted by molar-refractivity contribution is 0.332. The van der Waals surface area contributed by atoms with Crippen LogP contribution < -0.4 is 4.52 Å². The first-order valence-corrected chi connectivity index (χ1v) is 14.3. The van der Waals surface area contributed by atoms with Gasteiger partial charge in [0.15, 0.2) is 5.75 Å². The highest BCUT2D eigenvalue weighted by molar-refractivity contribution is 7.60. The summed E-state index contributed by atoms with van der Waals surface area (Å²) in [5.74, 6) is 0.613. The minimum Gasteiger partial charge on any atom is -0.287 e. The van der Waals surface area contributed by atoms with Gasteiger partial charge in [0.2, 0.25) is 0 Å². The van der Waals surface area contributed by atoms with Crippen LogP contribution in [-0.4, -0.2) is 15.9 Å². The number of benzene rings is 1. The summed E-state index contributed by atoms with van der Waals surface area (Å²) in [5.41, 5.74) is 2.17. The quantitative estimate of drug-likeness (QED) is 0.219. The molecule has 0 aliphatic heterocycles. The van der Waals surface area contributed by atoms with Crippen molar-refractivity contribution >= 4 is 7.94 Å². The highest BCUT2D eigenvalue weighted by Gasteiger charge is 2.38. The second kappa shape index (κ2) is 13.2. The van der Waals surface area contributed by atoms with Gasteiger partial charge in [0.05, 0.1) is 0 Å². The maximum atomic E-state index is 10.6. The summed E-state index contributed by atoms with van der Waals surface area (Å²) < 4.78 is 5.84. The van der Waals surface area contributed by atoms with Gasteiger partial charge in [-0.15, -0.1) is 0 Å². The first-order chi connectivity index (χ1) is 14.4. The third-order valence-corrected chi connectivity index (χ3v) is 7.34. The van der Waals surface area contributed by atoms with Crippen molar-refractivity contribution in [3.8, 4) is 5.75 Å². The molecule has 4 heteroatoms. The molecule has 0 bridgehead atoms. The Bertz CT molecular complexity index is 626. The zero-order chi connectivity index (χ0) is 23.5. The van der Waals surface area contributed by atoms with Crippen LogP contribution in [0.5, 0.6) is 5.75 Å². The number of hydrogen-bond acceptors (Lipinski definition) is 3. The molecule has 0 aliphatic carbocycles. The molecule has 0 atom stereocenters. The Morgan fingerprint density at radius 1 is 0.710 bits per heavy atom. The van der Waals surface area contributed by atoms with E-state index >= 15 is 0 Å². The SMILES string of the molecule is CCCCCCCCCCCCC[P+](O)(O)Oc1ccc(C(C)(C)C)cc1C(C)(C)C. The highest BCUT2D eigenvalue weighted by atomic mass is 31.2. The van der Waals surface area contributed by atoms with Gasteiger partial charge >= 0.3 is 7.94 Å². The molecule has 3 nitrogen and oxygen atoms in total. The Hall–Kier alpha value is -0.630. The molecule has 180 valence electrons. The van der Waals surface area contributed by atoms with Gasteiger partial charge in [-0.3, -0.25) is 4.52 Å². The van der Waals surface area contributed by atoms with Crippen LogP contribution in [0.15, 0.2) is 18.2 Å². The highest BCUT2D eigenvalue weighted by Crippen LogP contribution is 2.53. The van der Waals surface area contributed by atoms with Crippen LogP contribution in [0.3, 0.4) is 0 Å². The van der Waals surface area contributed by atoms with Gasteiger partial charge in [-0.1, -0.05) is 118 Å². The van der Waals surface area contributed by atoms with Gasteiger partial charge in [-0.2, -0.15) is 9.79 Å². The van der Waals surface area contributed by atoms with Crippen LogP contribution in [0.1, 0.15) is 130 Å². The van der Waals surface area contributed by atoms with E-state index in [0.29, 0.717) is 11.9 Å². The lowest BCUT2D eigenvalue weighted by Crippen LogP contribution is -2.18. The van der Waals surface area contributed by atoms with Crippen molar-refractivity contribution in [3.63, 3.8) is 0 Å². The molecule has 0 saturated heterocycles. The normalized spacial score (nSPS) is 12.9. The molecule has 0 unspecified atom stereocenters. The minimum absolute atomic E-state index is 0.0404. The predicted octanol–water partition coefficient (Wildman–Crippen LogP) is 8.72. The van der Waals surface area contributed by atoms with Gasteiger partial charge in [0.1, 0.15) is 6.16 Å². The zero-order valence-electron chi connectivity index (χ0n) is 21.5. The summed E-state index contributed by atoms with van der Waals surface area (Å²) in [7, 11) is -3.39. The summed E-state index contributed by atoms with van der Waals surface area (Å²) in [5, 5.41) is 0. The van der Waals surface area contributed by atoms with E-state index in [2.05, 4.69) is 54.5 Å². The number of unbranched alkanes of at least 4 members (excludes halogenated alkanes) is 10. The summed E-state index contributed by atoms with van der Waals surface area (Å²) >= 11 is 0. The fraction of sp³-hybridized carbons (Fsp3) is 0.778. The molecular weight excluding hydrogens is 403 g/mol. The van der Waals surface area contributed by atoms with E-state index in [1.165, 1.54) is 63.4 Å². The van der Waals surface area contributed by atoms with Crippen LogP contribution in [0, 0.1) is 0 Å². The fourth-order valence-corrected chi connectivity index (χ4v) is 5.05. The molecular formula is C27H50O3P+. The van der Waals surface area contributed by atoms with E-state index < -0.39 is 7.94 Å². The summed E-state index contributed by atoms with van der Waals surface area (Å²) in [6, 6.07) is 6.13. The number of hydrogen-bond donors (Lipinski definition) is 2. The van der Waals surface area contributed by atoms with Crippen molar-refractivity contribution in [1.82, 2.24) is 0 Å². The molecule has 2 N–H and O–H groups in total. The maximum absolute atomic E-state index is 10.6.